The van der Waals surface area contributed by atoms with E-state index in [9.17, 15) is 13.6 Å². The van der Waals surface area contributed by atoms with E-state index in [0.717, 1.165) is 11.4 Å². The first-order chi connectivity index (χ1) is 6.07. The third-order valence-electron chi connectivity index (χ3n) is 1.60. The largest absolute Gasteiger partial charge is 0.340 e. The van der Waals surface area contributed by atoms with E-state index in [1.54, 1.807) is 0 Å². The summed E-state index contributed by atoms with van der Waals surface area (Å²) in [6, 6.07) is 0. The van der Waals surface area contributed by atoms with E-state index in [1.165, 1.54) is 7.05 Å². The van der Waals surface area contributed by atoms with E-state index < -0.39 is 13.0 Å². The Morgan fingerprint density at radius 3 is 2.62 bits per heavy atom. The molecule has 0 bridgehead atoms. The highest BCUT2D eigenvalue weighted by Gasteiger charge is 2.12. The molecule has 0 atom stereocenters. The van der Waals surface area contributed by atoms with Gasteiger partial charge in [-0.1, -0.05) is 6.92 Å². The lowest BCUT2D eigenvalue weighted by Gasteiger charge is -2.16. The van der Waals surface area contributed by atoms with E-state index >= 15 is 0 Å². The average molecular weight is 194 g/mol. The smallest absolute Gasteiger partial charge is 0.255 e. The van der Waals surface area contributed by atoms with E-state index in [-0.39, 0.29) is 12.3 Å². The fraction of sp³-hybridized carbons (Fsp3) is 0.875. The first-order valence-electron chi connectivity index (χ1n) is 4.30. The monoisotopic (exact) mass is 194 g/mol. The standard InChI is InChI=1S/C8H16F2N2O/c1-3-11-5-4-8(13)12(2)6-7(9)10/h7,11H,3-6H2,1-2H3. The number of hydrogen-bond donors (Lipinski definition) is 1. The summed E-state index contributed by atoms with van der Waals surface area (Å²) in [6.07, 6.45) is -2.18. The maximum Gasteiger partial charge on any atom is 0.255 e. The summed E-state index contributed by atoms with van der Waals surface area (Å²) in [7, 11) is 1.39. The summed E-state index contributed by atoms with van der Waals surface area (Å²) in [5.41, 5.74) is 0. The van der Waals surface area contributed by atoms with Crippen molar-refractivity contribution in [2.75, 3.05) is 26.7 Å². The SMILES string of the molecule is CCNCCC(=O)N(C)CC(F)F. The number of rotatable bonds is 6. The van der Waals surface area contributed by atoms with Crippen LogP contribution in [0.3, 0.4) is 0 Å². The van der Waals surface area contributed by atoms with Crippen LogP contribution in [0.4, 0.5) is 8.78 Å². The number of carbonyl (C=O) groups excluding carboxylic acids is 1. The maximum atomic E-state index is 11.8. The van der Waals surface area contributed by atoms with Crippen LogP contribution in [0.25, 0.3) is 0 Å². The van der Waals surface area contributed by atoms with Gasteiger partial charge in [-0.2, -0.15) is 0 Å². The summed E-state index contributed by atoms with van der Waals surface area (Å²) in [6.45, 7) is 2.77. The molecule has 0 aliphatic rings. The van der Waals surface area contributed by atoms with E-state index in [1.807, 2.05) is 6.92 Å². The third kappa shape index (κ3) is 6.45. The van der Waals surface area contributed by atoms with Crippen LogP contribution in [0.1, 0.15) is 13.3 Å². The van der Waals surface area contributed by atoms with Crippen LogP contribution < -0.4 is 5.32 Å². The van der Waals surface area contributed by atoms with Gasteiger partial charge >= 0.3 is 0 Å². The number of amides is 1. The van der Waals surface area contributed by atoms with Crippen LogP contribution in [0.15, 0.2) is 0 Å². The Morgan fingerprint density at radius 2 is 2.15 bits per heavy atom. The molecule has 78 valence electrons. The first-order valence-corrected chi connectivity index (χ1v) is 4.30. The molecule has 0 heterocycles. The van der Waals surface area contributed by atoms with Crippen molar-refractivity contribution in [3.8, 4) is 0 Å². The normalized spacial score (nSPS) is 10.5. The fourth-order valence-corrected chi connectivity index (χ4v) is 0.872. The van der Waals surface area contributed by atoms with Gasteiger partial charge < -0.3 is 10.2 Å². The Balaban J connectivity index is 3.57. The molecule has 1 amide bonds. The van der Waals surface area contributed by atoms with Gasteiger partial charge in [0.2, 0.25) is 5.91 Å². The molecular weight excluding hydrogens is 178 g/mol. The molecule has 0 saturated heterocycles. The molecule has 0 aliphatic heterocycles. The number of carbonyl (C=O) groups is 1. The van der Waals surface area contributed by atoms with Gasteiger partial charge in [-0.05, 0) is 6.54 Å². The van der Waals surface area contributed by atoms with Gasteiger partial charge in [0.15, 0.2) is 0 Å². The molecular formula is C8H16F2N2O. The third-order valence-corrected chi connectivity index (χ3v) is 1.60. The predicted octanol–water partition coefficient (Wildman–Crippen LogP) is 0.709. The van der Waals surface area contributed by atoms with E-state index in [0.29, 0.717) is 6.54 Å². The van der Waals surface area contributed by atoms with Crippen molar-refractivity contribution in [1.29, 1.82) is 0 Å². The summed E-state index contributed by atoms with van der Waals surface area (Å²) < 4.78 is 23.6. The van der Waals surface area contributed by atoms with Crippen LogP contribution in [-0.2, 0) is 4.79 Å². The zero-order chi connectivity index (χ0) is 10.3. The van der Waals surface area contributed by atoms with Crippen molar-refractivity contribution >= 4 is 5.91 Å². The number of halogens is 2. The molecule has 13 heavy (non-hydrogen) atoms. The molecule has 0 fully saturated rings. The van der Waals surface area contributed by atoms with Crippen LogP contribution in [0.2, 0.25) is 0 Å². The Labute approximate surface area is 77.1 Å². The molecule has 5 heteroatoms. The first kappa shape index (κ1) is 12.3. The summed E-state index contributed by atoms with van der Waals surface area (Å²) in [5.74, 6) is -0.249. The maximum absolute atomic E-state index is 11.8. The van der Waals surface area contributed by atoms with Crippen LogP contribution in [-0.4, -0.2) is 43.9 Å². The van der Waals surface area contributed by atoms with Crippen molar-refractivity contribution in [2.24, 2.45) is 0 Å². The van der Waals surface area contributed by atoms with Crippen molar-refractivity contribution in [1.82, 2.24) is 10.2 Å². The van der Waals surface area contributed by atoms with Crippen LogP contribution in [0.5, 0.6) is 0 Å². The van der Waals surface area contributed by atoms with Crippen LogP contribution in [0, 0.1) is 0 Å². The second-order valence-corrected chi connectivity index (χ2v) is 2.77. The molecule has 0 aromatic rings. The van der Waals surface area contributed by atoms with Gasteiger partial charge in [0.05, 0.1) is 6.54 Å². The lowest BCUT2D eigenvalue weighted by atomic mass is 10.3. The highest BCUT2D eigenvalue weighted by molar-refractivity contribution is 5.76. The molecule has 0 spiro atoms. The summed E-state index contributed by atoms with van der Waals surface area (Å²) in [5, 5.41) is 2.95. The Kier molecular flexibility index (Phi) is 6.40. The summed E-state index contributed by atoms with van der Waals surface area (Å²) in [4.78, 5) is 12.2. The minimum absolute atomic E-state index is 0.249. The predicted molar refractivity (Wildman–Crippen MR) is 46.8 cm³/mol. The molecule has 1 N–H and O–H groups in total. The topological polar surface area (TPSA) is 32.3 Å². The summed E-state index contributed by atoms with van der Waals surface area (Å²) >= 11 is 0. The van der Waals surface area contributed by atoms with Gasteiger partial charge in [-0.3, -0.25) is 4.79 Å². The molecule has 0 saturated carbocycles. The van der Waals surface area contributed by atoms with Crippen molar-refractivity contribution in [3.05, 3.63) is 0 Å². The van der Waals surface area contributed by atoms with E-state index in [2.05, 4.69) is 5.32 Å². The molecule has 3 nitrogen and oxygen atoms in total. The average Bonchev–Trinajstić information content (AvgIpc) is 2.03. The van der Waals surface area contributed by atoms with Crippen molar-refractivity contribution in [3.63, 3.8) is 0 Å². The number of nitrogens with one attached hydrogen (secondary N) is 1. The zero-order valence-corrected chi connectivity index (χ0v) is 8.02. The highest BCUT2D eigenvalue weighted by Crippen LogP contribution is 1.97. The Morgan fingerprint density at radius 1 is 1.54 bits per heavy atom. The number of nitrogens with zero attached hydrogens (tertiary/aromatic N) is 1. The van der Waals surface area contributed by atoms with Gasteiger partial charge in [-0.25, -0.2) is 8.78 Å². The van der Waals surface area contributed by atoms with Gasteiger partial charge in [0, 0.05) is 20.0 Å². The van der Waals surface area contributed by atoms with E-state index in [4.69, 9.17) is 0 Å². The van der Waals surface area contributed by atoms with Crippen molar-refractivity contribution in [2.45, 2.75) is 19.8 Å². The fourth-order valence-electron chi connectivity index (χ4n) is 0.872. The van der Waals surface area contributed by atoms with Gasteiger partial charge in [-0.15, -0.1) is 0 Å². The van der Waals surface area contributed by atoms with Gasteiger partial charge in [0.1, 0.15) is 0 Å². The minimum Gasteiger partial charge on any atom is -0.340 e. The Bertz CT molecular complexity index is 153. The molecule has 0 radical (unpaired) electrons. The highest BCUT2D eigenvalue weighted by atomic mass is 19.3. The second-order valence-electron chi connectivity index (χ2n) is 2.77. The minimum atomic E-state index is -2.45. The molecule has 0 unspecified atom stereocenters. The number of hydrogen-bond acceptors (Lipinski definition) is 2. The Hall–Kier alpha value is -0.710. The molecule has 0 aromatic carbocycles. The van der Waals surface area contributed by atoms with Gasteiger partial charge in [0.25, 0.3) is 6.43 Å². The second kappa shape index (κ2) is 6.77. The molecule has 0 rings (SSSR count). The zero-order valence-electron chi connectivity index (χ0n) is 8.02. The lowest BCUT2D eigenvalue weighted by Crippen LogP contribution is -2.33. The van der Waals surface area contributed by atoms with Crippen LogP contribution >= 0.6 is 0 Å². The number of alkyl halides is 2. The lowest BCUT2D eigenvalue weighted by molar-refractivity contribution is -0.131. The molecule has 0 aromatic heterocycles. The van der Waals surface area contributed by atoms with Crippen molar-refractivity contribution < 1.29 is 13.6 Å². The quantitative estimate of drug-likeness (QED) is 0.631. The molecule has 0 aliphatic carbocycles.